The van der Waals surface area contributed by atoms with Gasteiger partial charge in [-0.15, -0.1) is 10.2 Å². The molecule has 3 aromatic rings. The highest BCUT2D eigenvalue weighted by molar-refractivity contribution is 7.99. The maximum absolute atomic E-state index is 12.3. The van der Waals surface area contributed by atoms with E-state index in [2.05, 4.69) is 22.4 Å². The molecule has 2 heterocycles. The molecule has 0 spiro atoms. The Morgan fingerprint density at radius 3 is 2.48 bits per heavy atom. The topological polar surface area (TPSA) is 91.0 Å². The van der Waals surface area contributed by atoms with Crippen molar-refractivity contribution in [2.75, 3.05) is 17.7 Å². The maximum Gasteiger partial charge on any atom is 0.338 e. The van der Waals surface area contributed by atoms with Gasteiger partial charge in [-0.25, -0.2) is 9.47 Å². The van der Waals surface area contributed by atoms with Gasteiger partial charge in [-0.2, -0.15) is 0 Å². The molecule has 29 heavy (non-hydrogen) atoms. The third-order valence-corrected chi connectivity index (χ3v) is 4.90. The molecule has 0 aliphatic rings. The molecular formula is C20H23N5O3S. The van der Waals surface area contributed by atoms with E-state index in [0.717, 1.165) is 18.7 Å². The highest BCUT2D eigenvalue weighted by Crippen LogP contribution is 2.19. The van der Waals surface area contributed by atoms with Crippen LogP contribution < -0.4 is 5.32 Å². The van der Waals surface area contributed by atoms with Crippen molar-refractivity contribution < 1.29 is 14.3 Å². The highest BCUT2D eigenvalue weighted by atomic mass is 32.2. The SMILES string of the molecule is CCCc1nnc(SCC(=O)Nc2ccc(C(=O)OCC)cc2)n1-n1cccc1. The summed E-state index contributed by atoms with van der Waals surface area (Å²) < 4.78 is 8.77. The van der Waals surface area contributed by atoms with Crippen LogP contribution in [0.4, 0.5) is 5.69 Å². The summed E-state index contributed by atoms with van der Waals surface area (Å²) in [5.74, 6) is 0.484. The molecule has 0 bridgehead atoms. The van der Waals surface area contributed by atoms with Crippen LogP contribution in [0.1, 0.15) is 36.5 Å². The van der Waals surface area contributed by atoms with Crippen LogP contribution >= 0.6 is 11.8 Å². The molecule has 0 fully saturated rings. The second kappa shape index (κ2) is 9.92. The number of aryl methyl sites for hydroxylation is 1. The second-order valence-corrected chi connectivity index (χ2v) is 7.10. The Morgan fingerprint density at radius 2 is 1.83 bits per heavy atom. The first-order chi connectivity index (χ1) is 14.1. The van der Waals surface area contributed by atoms with Crippen LogP contribution in [-0.4, -0.2) is 43.8 Å². The van der Waals surface area contributed by atoms with E-state index < -0.39 is 0 Å². The average molecular weight is 414 g/mol. The third kappa shape index (κ3) is 5.26. The molecule has 0 saturated heterocycles. The fourth-order valence-corrected chi connectivity index (χ4v) is 3.44. The highest BCUT2D eigenvalue weighted by Gasteiger charge is 2.15. The Bertz CT molecular complexity index is 951. The molecule has 0 saturated carbocycles. The Morgan fingerprint density at radius 1 is 1.10 bits per heavy atom. The van der Waals surface area contributed by atoms with E-state index in [9.17, 15) is 9.59 Å². The number of aromatic nitrogens is 4. The summed E-state index contributed by atoms with van der Waals surface area (Å²) in [5, 5.41) is 12.0. The number of thioether (sulfide) groups is 1. The zero-order valence-corrected chi connectivity index (χ0v) is 17.2. The quantitative estimate of drug-likeness (QED) is 0.428. The fraction of sp³-hybridized carbons (Fsp3) is 0.300. The molecule has 1 N–H and O–H groups in total. The first-order valence-electron chi connectivity index (χ1n) is 9.40. The summed E-state index contributed by atoms with van der Waals surface area (Å²) in [6.07, 6.45) is 5.58. The van der Waals surface area contributed by atoms with Crippen LogP contribution in [0.25, 0.3) is 0 Å². The monoisotopic (exact) mass is 413 g/mol. The Labute approximate surface area is 173 Å². The van der Waals surface area contributed by atoms with Gasteiger partial charge in [0.05, 0.1) is 17.9 Å². The number of hydrogen-bond donors (Lipinski definition) is 1. The summed E-state index contributed by atoms with van der Waals surface area (Å²) in [6, 6.07) is 10.5. The second-order valence-electron chi connectivity index (χ2n) is 6.16. The minimum Gasteiger partial charge on any atom is -0.462 e. The van der Waals surface area contributed by atoms with Gasteiger partial charge in [0.2, 0.25) is 11.1 Å². The van der Waals surface area contributed by atoms with E-state index in [-0.39, 0.29) is 17.6 Å². The van der Waals surface area contributed by atoms with Gasteiger partial charge in [0, 0.05) is 24.5 Å². The van der Waals surface area contributed by atoms with Crippen LogP contribution in [0.3, 0.4) is 0 Å². The molecule has 0 unspecified atom stereocenters. The van der Waals surface area contributed by atoms with E-state index >= 15 is 0 Å². The van der Waals surface area contributed by atoms with E-state index in [1.165, 1.54) is 11.8 Å². The summed E-state index contributed by atoms with van der Waals surface area (Å²) in [4.78, 5) is 24.0. The van der Waals surface area contributed by atoms with Crippen molar-refractivity contribution in [2.45, 2.75) is 31.8 Å². The number of esters is 1. The van der Waals surface area contributed by atoms with Gasteiger partial charge in [0.1, 0.15) is 0 Å². The number of anilines is 1. The third-order valence-electron chi connectivity index (χ3n) is 3.98. The van der Waals surface area contributed by atoms with Crippen molar-refractivity contribution >= 4 is 29.3 Å². The summed E-state index contributed by atoms with van der Waals surface area (Å²) in [5.41, 5.74) is 1.06. The van der Waals surface area contributed by atoms with Gasteiger partial charge in [0.15, 0.2) is 5.82 Å². The lowest BCUT2D eigenvalue weighted by atomic mass is 10.2. The van der Waals surface area contributed by atoms with Gasteiger partial charge in [-0.05, 0) is 49.7 Å². The molecule has 8 nitrogen and oxygen atoms in total. The number of hydrogen-bond acceptors (Lipinski definition) is 6. The smallest absolute Gasteiger partial charge is 0.338 e. The predicted octanol–water partition coefficient (Wildman–Crippen LogP) is 3.25. The van der Waals surface area contributed by atoms with Crippen molar-refractivity contribution in [1.29, 1.82) is 0 Å². The first-order valence-corrected chi connectivity index (χ1v) is 10.4. The van der Waals surface area contributed by atoms with Crippen LogP contribution in [0.15, 0.2) is 53.9 Å². The van der Waals surface area contributed by atoms with Crippen molar-refractivity contribution in [1.82, 2.24) is 19.5 Å². The number of nitrogens with one attached hydrogen (secondary N) is 1. The zero-order chi connectivity index (χ0) is 20.6. The Kier molecular flexibility index (Phi) is 7.07. The summed E-state index contributed by atoms with van der Waals surface area (Å²) >= 11 is 1.32. The zero-order valence-electron chi connectivity index (χ0n) is 16.4. The number of carbonyl (C=O) groups is 2. The molecule has 0 aliphatic carbocycles. The normalized spacial score (nSPS) is 10.7. The lowest BCUT2D eigenvalue weighted by Crippen LogP contribution is -2.16. The van der Waals surface area contributed by atoms with E-state index in [4.69, 9.17) is 4.74 Å². The van der Waals surface area contributed by atoms with Gasteiger partial charge in [0.25, 0.3) is 0 Å². The van der Waals surface area contributed by atoms with E-state index in [1.54, 1.807) is 31.2 Å². The van der Waals surface area contributed by atoms with Crippen molar-refractivity contribution in [3.63, 3.8) is 0 Å². The Hall–Kier alpha value is -3.07. The van der Waals surface area contributed by atoms with Gasteiger partial charge in [-0.1, -0.05) is 18.7 Å². The number of nitrogens with zero attached hydrogens (tertiary/aromatic N) is 4. The largest absolute Gasteiger partial charge is 0.462 e. The van der Waals surface area contributed by atoms with Gasteiger partial charge < -0.3 is 10.1 Å². The maximum atomic E-state index is 12.3. The predicted molar refractivity (Wildman–Crippen MR) is 111 cm³/mol. The van der Waals surface area contributed by atoms with Gasteiger partial charge in [-0.3, -0.25) is 9.47 Å². The molecule has 0 radical (unpaired) electrons. The van der Waals surface area contributed by atoms with E-state index in [0.29, 0.717) is 23.0 Å². The molecule has 2 aromatic heterocycles. The molecule has 1 amide bonds. The van der Waals surface area contributed by atoms with Crippen LogP contribution in [0.5, 0.6) is 0 Å². The molecule has 9 heteroatoms. The number of ether oxygens (including phenoxy) is 1. The molecule has 0 atom stereocenters. The molecule has 1 aromatic carbocycles. The molecule has 152 valence electrons. The average Bonchev–Trinajstić information content (AvgIpc) is 3.37. The van der Waals surface area contributed by atoms with Crippen molar-refractivity contribution in [3.05, 3.63) is 60.2 Å². The molecular weight excluding hydrogens is 390 g/mol. The number of rotatable bonds is 9. The minimum absolute atomic E-state index is 0.169. The van der Waals surface area contributed by atoms with Crippen molar-refractivity contribution in [2.24, 2.45) is 0 Å². The standard InChI is InChI=1S/C20H23N5O3S/c1-3-7-17-22-23-20(25(17)24-12-5-6-13-24)29-14-18(26)21-16-10-8-15(9-11-16)19(27)28-4-2/h5-6,8-13H,3-4,7,14H2,1-2H3,(H,21,26). The number of benzene rings is 1. The number of amides is 1. The van der Waals surface area contributed by atoms with Crippen LogP contribution in [-0.2, 0) is 16.0 Å². The number of carbonyl (C=O) groups excluding carboxylic acids is 2. The minimum atomic E-state index is -0.381. The van der Waals surface area contributed by atoms with E-state index in [1.807, 2.05) is 33.9 Å². The van der Waals surface area contributed by atoms with Crippen molar-refractivity contribution in [3.8, 4) is 0 Å². The lowest BCUT2D eigenvalue weighted by molar-refractivity contribution is -0.113. The summed E-state index contributed by atoms with van der Waals surface area (Å²) in [6.45, 7) is 4.16. The fourth-order valence-electron chi connectivity index (χ4n) is 2.69. The van der Waals surface area contributed by atoms with Crippen LogP contribution in [0.2, 0.25) is 0 Å². The summed E-state index contributed by atoms with van der Waals surface area (Å²) in [7, 11) is 0. The molecule has 3 rings (SSSR count). The Balaban J connectivity index is 1.62. The molecule has 0 aliphatic heterocycles. The van der Waals surface area contributed by atoms with Gasteiger partial charge >= 0.3 is 5.97 Å². The lowest BCUT2D eigenvalue weighted by Gasteiger charge is -2.11. The van der Waals surface area contributed by atoms with Crippen LogP contribution in [0, 0.1) is 0 Å². The first kappa shape index (κ1) is 20.7.